The Bertz CT molecular complexity index is 443. The Morgan fingerprint density at radius 3 is 3.00 bits per heavy atom. The zero-order valence-electron chi connectivity index (χ0n) is 9.47. The number of piperazine rings is 1. The van der Waals surface area contributed by atoms with E-state index in [9.17, 15) is 14.9 Å². The summed E-state index contributed by atoms with van der Waals surface area (Å²) in [4.78, 5) is 26.5. The maximum Gasteiger partial charge on any atom is 0.287 e. The third-order valence-corrected chi connectivity index (χ3v) is 2.87. The van der Waals surface area contributed by atoms with Crippen molar-refractivity contribution in [3.8, 4) is 0 Å². The summed E-state index contributed by atoms with van der Waals surface area (Å²) in [6.45, 7) is 4.06. The van der Waals surface area contributed by atoms with Crippen LogP contribution in [0.25, 0.3) is 0 Å². The normalized spacial score (nSPS) is 20.3. The average molecular weight is 238 g/mol. The van der Waals surface area contributed by atoms with Gasteiger partial charge in [0.15, 0.2) is 0 Å². The number of hydrogen-bond acceptors (Lipinski definition) is 4. The smallest absolute Gasteiger partial charge is 0.287 e. The van der Waals surface area contributed by atoms with Crippen LogP contribution in [-0.4, -0.2) is 46.4 Å². The van der Waals surface area contributed by atoms with Crippen LogP contribution in [0.5, 0.6) is 0 Å². The van der Waals surface area contributed by atoms with Crippen LogP contribution in [0.15, 0.2) is 12.3 Å². The molecule has 1 aromatic rings. The lowest BCUT2D eigenvalue weighted by molar-refractivity contribution is -0.384. The summed E-state index contributed by atoms with van der Waals surface area (Å²) in [6, 6.07) is 1.37. The molecular formula is C10H14N4O3. The fourth-order valence-corrected chi connectivity index (χ4v) is 1.91. The van der Waals surface area contributed by atoms with E-state index in [1.54, 1.807) is 4.90 Å². The highest BCUT2D eigenvalue weighted by Gasteiger charge is 2.26. The summed E-state index contributed by atoms with van der Waals surface area (Å²) >= 11 is 0. The van der Waals surface area contributed by atoms with Crippen molar-refractivity contribution in [2.75, 3.05) is 19.6 Å². The molecular weight excluding hydrogens is 224 g/mol. The summed E-state index contributed by atoms with van der Waals surface area (Å²) < 4.78 is 0. The molecule has 92 valence electrons. The summed E-state index contributed by atoms with van der Waals surface area (Å²) in [6.07, 6.45) is 1.24. The summed E-state index contributed by atoms with van der Waals surface area (Å²) in [5.74, 6) is -0.188. The Labute approximate surface area is 97.9 Å². The number of carbonyl (C=O) groups is 1. The number of nitro groups is 1. The summed E-state index contributed by atoms with van der Waals surface area (Å²) in [7, 11) is 0. The molecule has 17 heavy (non-hydrogen) atoms. The highest BCUT2D eigenvalue weighted by atomic mass is 16.6. The molecule has 7 nitrogen and oxygen atoms in total. The largest absolute Gasteiger partial charge is 0.351 e. The van der Waals surface area contributed by atoms with Crippen molar-refractivity contribution in [1.29, 1.82) is 0 Å². The van der Waals surface area contributed by atoms with Crippen LogP contribution >= 0.6 is 0 Å². The number of rotatable bonds is 2. The van der Waals surface area contributed by atoms with E-state index in [1.807, 2.05) is 6.92 Å². The first-order valence-corrected chi connectivity index (χ1v) is 5.44. The van der Waals surface area contributed by atoms with E-state index in [4.69, 9.17) is 0 Å². The van der Waals surface area contributed by atoms with Gasteiger partial charge >= 0.3 is 0 Å². The van der Waals surface area contributed by atoms with Crippen LogP contribution in [-0.2, 0) is 0 Å². The molecule has 0 unspecified atom stereocenters. The predicted octanol–water partition coefficient (Wildman–Crippen LogP) is 0.357. The van der Waals surface area contributed by atoms with Gasteiger partial charge in [-0.1, -0.05) is 0 Å². The minimum Gasteiger partial charge on any atom is -0.351 e. The van der Waals surface area contributed by atoms with Crippen LogP contribution in [0.3, 0.4) is 0 Å². The van der Waals surface area contributed by atoms with E-state index in [0.29, 0.717) is 6.54 Å². The number of aromatic nitrogens is 1. The van der Waals surface area contributed by atoms with Crippen LogP contribution in [0.4, 0.5) is 5.69 Å². The number of aromatic amines is 1. The van der Waals surface area contributed by atoms with E-state index >= 15 is 0 Å². The quantitative estimate of drug-likeness (QED) is 0.574. The fourth-order valence-electron chi connectivity index (χ4n) is 1.91. The number of H-pyrrole nitrogens is 1. The van der Waals surface area contributed by atoms with Crippen LogP contribution in [0.1, 0.15) is 17.4 Å². The lowest BCUT2D eigenvalue weighted by Crippen LogP contribution is -2.52. The van der Waals surface area contributed by atoms with Gasteiger partial charge in [-0.25, -0.2) is 0 Å². The topological polar surface area (TPSA) is 91.3 Å². The fraction of sp³-hybridized carbons (Fsp3) is 0.500. The van der Waals surface area contributed by atoms with Crippen molar-refractivity contribution in [3.63, 3.8) is 0 Å². The molecule has 1 saturated heterocycles. The maximum absolute atomic E-state index is 12.1. The maximum atomic E-state index is 12.1. The number of amides is 1. The van der Waals surface area contributed by atoms with Crippen LogP contribution < -0.4 is 5.32 Å². The van der Waals surface area contributed by atoms with Crippen molar-refractivity contribution < 1.29 is 9.72 Å². The van der Waals surface area contributed by atoms with Crippen LogP contribution in [0, 0.1) is 10.1 Å². The van der Waals surface area contributed by atoms with Gasteiger partial charge in [-0.3, -0.25) is 14.9 Å². The number of nitrogens with zero attached hydrogens (tertiary/aromatic N) is 2. The van der Waals surface area contributed by atoms with Gasteiger partial charge in [-0.15, -0.1) is 0 Å². The molecule has 1 aliphatic heterocycles. The Hall–Kier alpha value is -1.89. The molecule has 0 saturated carbocycles. The second-order valence-electron chi connectivity index (χ2n) is 4.08. The zero-order chi connectivity index (χ0) is 12.4. The molecule has 1 fully saturated rings. The highest BCUT2D eigenvalue weighted by molar-refractivity contribution is 5.93. The Morgan fingerprint density at radius 1 is 1.65 bits per heavy atom. The molecule has 7 heteroatoms. The molecule has 2 N–H and O–H groups in total. The first-order valence-electron chi connectivity index (χ1n) is 5.44. The molecule has 1 aliphatic rings. The highest BCUT2D eigenvalue weighted by Crippen LogP contribution is 2.15. The summed E-state index contributed by atoms with van der Waals surface area (Å²) in [5, 5.41) is 13.7. The molecule has 0 spiro atoms. The van der Waals surface area contributed by atoms with Crippen molar-refractivity contribution in [3.05, 3.63) is 28.1 Å². The first-order chi connectivity index (χ1) is 8.09. The predicted molar refractivity (Wildman–Crippen MR) is 60.8 cm³/mol. The molecule has 1 aromatic heterocycles. The van der Waals surface area contributed by atoms with Crippen molar-refractivity contribution >= 4 is 11.6 Å². The van der Waals surface area contributed by atoms with Crippen molar-refractivity contribution in [2.24, 2.45) is 0 Å². The monoisotopic (exact) mass is 238 g/mol. The third-order valence-electron chi connectivity index (χ3n) is 2.87. The lowest BCUT2D eigenvalue weighted by atomic mass is 10.2. The van der Waals surface area contributed by atoms with Crippen LogP contribution in [0.2, 0.25) is 0 Å². The van der Waals surface area contributed by atoms with Gasteiger partial charge in [0, 0.05) is 31.7 Å². The Kier molecular flexibility index (Phi) is 3.10. The second kappa shape index (κ2) is 4.54. The van der Waals surface area contributed by atoms with Gasteiger partial charge in [0.2, 0.25) is 0 Å². The van der Waals surface area contributed by atoms with Crippen molar-refractivity contribution in [1.82, 2.24) is 15.2 Å². The van der Waals surface area contributed by atoms with E-state index < -0.39 is 4.92 Å². The van der Waals surface area contributed by atoms with Gasteiger partial charge in [0.1, 0.15) is 5.69 Å². The average Bonchev–Trinajstić information content (AvgIpc) is 2.78. The lowest BCUT2D eigenvalue weighted by Gasteiger charge is -2.33. The molecule has 0 radical (unpaired) electrons. The molecule has 2 rings (SSSR count). The second-order valence-corrected chi connectivity index (χ2v) is 4.08. The van der Waals surface area contributed by atoms with E-state index in [2.05, 4.69) is 10.3 Å². The van der Waals surface area contributed by atoms with E-state index in [1.165, 1.54) is 12.3 Å². The molecule has 0 aromatic carbocycles. The van der Waals surface area contributed by atoms with Gasteiger partial charge in [0.25, 0.3) is 11.6 Å². The summed E-state index contributed by atoms with van der Waals surface area (Å²) in [5.41, 5.74) is 0.182. The Morgan fingerprint density at radius 2 is 2.41 bits per heavy atom. The molecule has 0 aliphatic carbocycles. The minimum atomic E-state index is -0.519. The van der Waals surface area contributed by atoms with Gasteiger partial charge < -0.3 is 15.2 Å². The first kappa shape index (κ1) is 11.6. The third kappa shape index (κ3) is 2.28. The van der Waals surface area contributed by atoms with Gasteiger partial charge in [-0.05, 0) is 6.92 Å². The van der Waals surface area contributed by atoms with Gasteiger partial charge in [-0.2, -0.15) is 0 Å². The van der Waals surface area contributed by atoms with E-state index in [-0.39, 0.29) is 23.3 Å². The molecule has 0 bridgehead atoms. The minimum absolute atomic E-state index is 0.0869. The standard InChI is InChI=1S/C10H14N4O3/c1-7-5-11-2-3-13(7)10(15)9-4-8(6-12-9)14(16)17/h4,6-7,11-12H,2-3,5H2,1H3/t7-/m0/s1. The SMILES string of the molecule is C[C@H]1CNCCN1C(=O)c1cc([N+](=O)[O-])c[nH]1. The number of hydrogen-bond donors (Lipinski definition) is 2. The molecule has 1 amide bonds. The molecule has 1 atom stereocenters. The van der Waals surface area contributed by atoms with E-state index in [0.717, 1.165) is 13.1 Å². The molecule has 2 heterocycles. The van der Waals surface area contributed by atoms with Gasteiger partial charge in [0.05, 0.1) is 11.1 Å². The number of carbonyl (C=O) groups excluding carboxylic acids is 1. The zero-order valence-corrected chi connectivity index (χ0v) is 9.47. The number of nitrogens with one attached hydrogen (secondary N) is 2. The van der Waals surface area contributed by atoms with Crippen molar-refractivity contribution in [2.45, 2.75) is 13.0 Å². The Balaban J connectivity index is 2.15.